The summed E-state index contributed by atoms with van der Waals surface area (Å²) in [5, 5.41) is 0. The first kappa shape index (κ1) is 17.7. The maximum atomic E-state index is 12.2. The van der Waals surface area contributed by atoms with E-state index in [0.29, 0.717) is 30.1 Å². The number of carbonyl (C=O) groups excluding carboxylic acids is 2. The van der Waals surface area contributed by atoms with Crippen LogP contribution in [0.1, 0.15) is 59.3 Å². The van der Waals surface area contributed by atoms with Gasteiger partial charge in [-0.2, -0.15) is 0 Å². The van der Waals surface area contributed by atoms with Gasteiger partial charge in [-0.1, -0.05) is 13.5 Å². The summed E-state index contributed by atoms with van der Waals surface area (Å²) in [6.45, 7) is 10.7. The summed E-state index contributed by atoms with van der Waals surface area (Å²) in [5.74, 6) is 0.384. The predicted molar refractivity (Wildman–Crippen MR) is 97.6 cm³/mol. The zero-order valence-electron chi connectivity index (χ0n) is 16.6. The van der Waals surface area contributed by atoms with Gasteiger partial charge in [0, 0.05) is 23.8 Å². The molecule has 148 valence electrons. The molecule has 2 heterocycles. The highest BCUT2D eigenvalue weighted by Crippen LogP contribution is 2.69. The number of epoxide rings is 1. The van der Waals surface area contributed by atoms with Crippen molar-refractivity contribution in [1.29, 1.82) is 0 Å². The van der Waals surface area contributed by atoms with Crippen LogP contribution in [0.5, 0.6) is 0 Å². The third-order valence-electron chi connectivity index (χ3n) is 8.75. The van der Waals surface area contributed by atoms with Crippen LogP contribution < -0.4 is 0 Å². The molecule has 0 unspecified atom stereocenters. The lowest BCUT2D eigenvalue weighted by Crippen LogP contribution is -2.50. The summed E-state index contributed by atoms with van der Waals surface area (Å²) in [6, 6.07) is 0. The Morgan fingerprint density at radius 2 is 2.04 bits per heavy atom. The fraction of sp³-hybridized carbons (Fsp3) is 0.818. The van der Waals surface area contributed by atoms with Gasteiger partial charge in [-0.25, -0.2) is 4.79 Å². The second-order valence-corrected chi connectivity index (χ2v) is 10.3. The van der Waals surface area contributed by atoms with Crippen molar-refractivity contribution in [2.75, 3.05) is 6.61 Å². The molecule has 5 rings (SSSR count). The van der Waals surface area contributed by atoms with Crippen molar-refractivity contribution in [3.05, 3.63) is 12.2 Å². The van der Waals surface area contributed by atoms with Gasteiger partial charge in [0.25, 0.3) is 0 Å². The largest absolute Gasteiger partial charge is 0.465 e. The van der Waals surface area contributed by atoms with Crippen molar-refractivity contribution in [1.82, 2.24) is 0 Å². The van der Waals surface area contributed by atoms with E-state index >= 15 is 0 Å². The van der Waals surface area contributed by atoms with E-state index in [1.807, 2.05) is 0 Å². The zero-order valence-corrected chi connectivity index (χ0v) is 16.6. The van der Waals surface area contributed by atoms with Crippen molar-refractivity contribution < 1.29 is 23.8 Å². The standard InChI is InChI=1S/C22H30O5/c1-12-17-15(26-19(12)24)9-22(11-25-13(2)23)8-7-20(3)10-16-21(4,27-16)6-5-14(20)18(17)22/h14-18H,1,5-11H2,2-4H3/t14-,15+,16-,17+,18+,20+,21+,22+/m1/s1. The van der Waals surface area contributed by atoms with Crippen LogP contribution in [0.2, 0.25) is 0 Å². The van der Waals surface area contributed by atoms with E-state index in [0.717, 1.165) is 38.5 Å². The van der Waals surface area contributed by atoms with E-state index in [9.17, 15) is 9.59 Å². The fourth-order valence-corrected chi connectivity index (χ4v) is 7.17. The van der Waals surface area contributed by atoms with Gasteiger partial charge in [-0.3, -0.25) is 4.79 Å². The second kappa shape index (κ2) is 5.37. The number of ether oxygens (including phenoxy) is 3. The maximum absolute atomic E-state index is 12.2. The van der Waals surface area contributed by atoms with E-state index in [-0.39, 0.29) is 40.4 Å². The Kier molecular flexibility index (Phi) is 3.52. The molecule has 8 atom stereocenters. The van der Waals surface area contributed by atoms with E-state index in [4.69, 9.17) is 14.2 Å². The predicted octanol–water partition coefficient (Wildman–Crippen LogP) is 3.41. The zero-order chi connectivity index (χ0) is 19.2. The summed E-state index contributed by atoms with van der Waals surface area (Å²) in [5.41, 5.74) is 0.779. The first-order chi connectivity index (χ1) is 12.7. The monoisotopic (exact) mass is 374 g/mol. The van der Waals surface area contributed by atoms with E-state index in [1.54, 1.807) is 0 Å². The smallest absolute Gasteiger partial charge is 0.334 e. The Labute approximate surface area is 160 Å². The van der Waals surface area contributed by atoms with Crippen LogP contribution in [0.4, 0.5) is 0 Å². The highest BCUT2D eigenvalue weighted by molar-refractivity contribution is 5.91. The number of esters is 2. The van der Waals surface area contributed by atoms with Gasteiger partial charge >= 0.3 is 11.9 Å². The summed E-state index contributed by atoms with van der Waals surface area (Å²) < 4.78 is 17.3. The Morgan fingerprint density at radius 1 is 1.26 bits per heavy atom. The molecule has 3 saturated carbocycles. The number of hydrogen-bond acceptors (Lipinski definition) is 5. The lowest BCUT2D eigenvalue weighted by Gasteiger charge is -2.54. The van der Waals surface area contributed by atoms with Crippen LogP contribution in [0, 0.1) is 28.6 Å². The molecule has 0 N–H and O–H groups in total. The van der Waals surface area contributed by atoms with Gasteiger partial charge < -0.3 is 14.2 Å². The topological polar surface area (TPSA) is 65.1 Å². The lowest BCUT2D eigenvalue weighted by molar-refractivity contribution is -0.152. The van der Waals surface area contributed by atoms with Crippen molar-refractivity contribution in [2.24, 2.45) is 28.6 Å². The van der Waals surface area contributed by atoms with Crippen LogP contribution >= 0.6 is 0 Å². The minimum absolute atomic E-state index is 0.0376. The second-order valence-electron chi connectivity index (χ2n) is 10.3. The summed E-state index contributed by atoms with van der Waals surface area (Å²) >= 11 is 0. The molecule has 27 heavy (non-hydrogen) atoms. The van der Waals surface area contributed by atoms with Gasteiger partial charge in [0.05, 0.1) is 18.3 Å². The van der Waals surface area contributed by atoms with E-state index in [2.05, 4.69) is 20.4 Å². The average Bonchev–Trinajstić information content (AvgIpc) is 3.01. The Morgan fingerprint density at radius 3 is 2.78 bits per heavy atom. The molecule has 2 aliphatic heterocycles. The van der Waals surface area contributed by atoms with Crippen molar-refractivity contribution in [3.63, 3.8) is 0 Å². The molecule has 3 aliphatic carbocycles. The van der Waals surface area contributed by atoms with E-state index in [1.165, 1.54) is 6.92 Å². The third kappa shape index (κ3) is 2.39. The molecule has 5 fully saturated rings. The fourth-order valence-electron chi connectivity index (χ4n) is 7.17. The molecule has 0 spiro atoms. The van der Waals surface area contributed by atoms with E-state index < -0.39 is 0 Å². The SMILES string of the molecule is C=C1C(=O)O[C@H]2C[C@]3(COC(C)=O)CC[C@@]4(C)C[C@H]5O[C@@]5(C)CC[C@@H]4[C@H]3[C@@H]12. The highest BCUT2D eigenvalue weighted by atomic mass is 16.6. The molecule has 0 radical (unpaired) electrons. The number of fused-ring (bicyclic) bond motifs is 6. The molecule has 0 bridgehead atoms. The molecular weight excluding hydrogens is 344 g/mol. The number of carbonyl (C=O) groups is 2. The van der Waals surface area contributed by atoms with Crippen molar-refractivity contribution in [3.8, 4) is 0 Å². The lowest BCUT2D eigenvalue weighted by atomic mass is 9.51. The van der Waals surface area contributed by atoms with Crippen LogP contribution in [0.3, 0.4) is 0 Å². The first-order valence-corrected chi connectivity index (χ1v) is 10.4. The van der Waals surface area contributed by atoms with Crippen molar-refractivity contribution >= 4 is 11.9 Å². The number of rotatable bonds is 2. The van der Waals surface area contributed by atoms with Crippen LogP contribution in [0.15, 0.2) is 12.2 Å². The van der Waals surface area contributed by atoms with Crippen molar-refractivity contribution in [2.45, 2.75) is 77.1 Å². The van der Waals surface area contributed by atoms with Gasteiger partial charge in [0.1, 0.15) is 6.10 Å². The van der Waals surface area contributed by atoms with Crippen LogP contribution in [-0.4, -0.2) is 36.4 Å². The molecule has 5 heteroatoms. The van der Waals surface area contributed by atoms with Gasteiger partial charge in [0.15, 0.2) is 0 Å². The van der Waals surface area contributed by atoms with Crippen LogP contribution in [0.25, 0.3) is 0 Å². The molecule has 0 amide bonds. The molecule has 0 aromatic heterocycles. The van der Waals surface area contributed by atoms with Gasteiger partial charge in [0.2, 0.25) is 0 Å². The highest BCUT2D eigenvalue weighted by Gasteiger charge is 2.69. The maximum Gasteiger partial charge on any atom is 0.334 e. The summed E-state index contributed by atoms with van der Waals surface area (Å²) in [7, 11) is 0. The quantitative estimate of drug-likeness (QED) is 0.421. The summed E-state index contributed by atoms with van der Waals surface area (Å²) in [6.07, 6.45) is 6.45. The molecular formula is C22H30O5. The third-order valence-corrected chi connectivity index (χ3v) is 8.75. The minimum atomic E-state index is -0.231. The molecule has 5 aliphatic rings. The molecule has 0 aromatic rings. The molecule has 0 aromatic carbocycles. The Hall–Kier alpha value is -1.36. The van der Waals surface area contributed by atoms with Crippen LogP contribution in [-0.2, 0) is 23.8 Å². The summed E-state index contributed by atoms with van der Waals surface area (Å²) in [4.78, 5) is 23.8. The molecule has 2 saturated heterocycles. The average molecular weight is 374 g/mol. The van der Waals surface area contributed by atoms with Gasteiger partial charge in [-0.05, 0) is 62.7 Å². The number of hydrogen-bond donors (Lipinski definition) is 0. The molecule has 5 nitrogen and oxygen atoms in total. The normalized spacial score (nSPS) is 52.8. The Bertz CT molecular complexity index is 730. The Balaban J connectivity index is 1.53. The van der Waals surface area contributed by atoms with Gasteiger partial charge in [-0.15, -0.1) is 0 Å². The first-order valence-electron chi connectivity index (χ1n) is 10.4. The minimum Gasteiger partial charge on any atom is -0.465 e.